The summed E-state index contributed by atoms with van der Waals surface area (Å²) in [4.78, 5) is 26.7. The molecule has 10 heteroatoms. The number of hydrogen-bond acceptors (Lipinski definition) is 5. The van der Waals surface area contributed by atoms with Crippen LogP contribution < -0.4 is 15.0 Å². The first kappa shape index (κ1) is 25.7. The molecule has 2 aromatic carbocycles. The van der Waals surface area contributed by atoms with Crippen molar-refractivity contribution in [1.82, 2.24) is 0 Å². The van der Waals surface area contributed by atoms with Gasteiger partial charge in [0.1, 0.15) is 5.75 Å². The second kappa shape index (κ2) is 9.94. The van der Waals surface area contributed by atoms with E-state index in [9.17, 15) is 22.8 Å². The lowest BCUT2D eigenvalue weighted by molar-refractivity contribution is -0.138. The van der Waals surface area contributed by atoms with E-state index in [2.05, 4.69) is 5.32 Å². The van der Waals surface area contributed by atoms with E-state index in [4.69, 9.17) is 14.2 Å². The van der Waals surface area contributed by atoms with Gasteiger partial charge in [-0.15, -0.1) is 0 Å². The molecule has 0 saturated carbocycles. The molecule has 1 N–H and O–H groups in total. The van der Waals surface area contributed by atoms with Crippen LogP contribution in [0.3, 0.4) is 0 Å². The Labute approximate surface area is 206 Å². The van der Waals surface area contributed by atoms with E-state index in [0.29, 0.717) is 29.7 Å². The van der Waals surface area contributed by atoms with E-state index in [-0.39, 0.29) is 31.3 Å². The van der Waals surface area contributed by atoms with Crippen molar-refractivity contribution in [2.45, 2.75) is 31.0 Å². The highest BCUT2D eigenvalue weighted by Gasteiger charge is 2.41. The third kappa shape index (κ3) is 5.10. The monoisotopic (exact) mass is 504 g/mol. The number of halogens is 3. The van der Waals surface area contributed by atoms with Gasteiger partial charge < -0.3 is 24.4 Å². The average molecular weight is 505 g/mol. The molecule has 0 atom stereocenters. The number of fused-ring (bicyclic) bond motifs is 2. The van der Waals surface area contributed by atoms with Crippen LogP contribution in [-0.2, 0) is 31.7 Å². The number of hydrogen-bond donors (Lipinski definition) is 1. The van der Waals surface area contributed by atoms with Crippen molar-refractivity contribution in [3.8, 4) is 5.75 Å². The maximum Gasteiger partial charge on any atom is 0.416 e. The summed E-state index contributed by atoms with van der Waals surface area (Å²) in [6, 6.07) is 8.53. The van der Waals surface area contributed by atoms with E-state index in [1.165, 1.54) is 26.4 Å². The van der Waals surface area contributed by atoms with Crippen LogP contribution in [0.5, 0.6) is 5.75 Å². The summed E-state index contributed by atoms with van der Waals surface area (Å²) in [5.41, 5.74) is 1.07. The smallest absolute Gasteiger partial charge is 0.416 e. The van der Waals surface area contributed by atoms with Crippen LogP contribution in [0.1, 0.15) is 29.5 Å². The molecule has 0 bridgehead atoms. The van der Waals surface area contributed by atoms with Crippen LogP contribution in [0.4, 0.5) is 24.5 Å². The predicted molar refractivity (Wildman–Crippen MR) is 128 cm³/mol. The number of anilines is 2. The predicted octanol–water partition coefficient (Wildman–Crippen LogP) is 4.45. The summed E-state index contributed by atoms with van der Waals surface area (Å²) < 4.78 is 56.7. The molecule has 0 radical (unpaired) electrons. The second-order valence-corrected chi connectivity index (χ2v) is 8.95. The van der Waals surface area contributed by atoms with Crippen molar-refractivity contribution in [1.29, 1.82) is 0 Å². The summed E-state index contributed by atoms with van der Waals surface area (Å²) in [6.07, 6.45) is -2.17. The van der Waals surface area contributed by atoms with Gasteiger partial charge in [0, 0.05) is 57.1 Å². The highest BCUT2D eigenvalue weighted by molar-refractivity contribution is 6.06. The first-order valence-electron chi connectivity index (χ1n) is 11.4. The minimum absolute atomic E-state index is 0.00134. The number of carbonyl (C=O) groups is 2. The Balaban J connectivity index is 1.71. The van der Waals surface area contributed by atoms with Crippen molar-refractivity contribution in [2.75, 3.05) is 44.7 Å². The first-order valence-corrected chi connectivity index (χ1v) is 11.4. The molecule has 0 fully saturated rings. The molecule has 0 aromatic heterocycles. The highest BCUT2D eigenvalue weighted by atomic mass is 19.4. The molecule has 0 saturated heterocycles. The number of alkyl halides is 3. The van der Waals surface area contributed by atoms with Gasteiger partial charge in [-0.1, -0.05) is 12.1 Å². The van der Waals surface area contributed by atoms with E-state index in [1.54, 1.807) is 24.1 Å². The minimum Gasteiger partial charge on any atom is -0.481 e. The zero-order valence-electron chi connectivity index (χ0n) is 20.2. The average Bonchev–Trinajstić information content (AvgIpc) is 2.81. The minimum atomic E-state index is -4.55. The zero-order chi connectivity index (χ0) is 26.1. The number of carbonyl (C=O) groups excluding carboxylic acids is 2. The molecule has 2 heterocycles. The Morgan fingerprint density at radius 3 is 2.56 bits per heavy atom. The number of benzene rings is 2. The van der Waals surface area contributed by atoms with Gasteiger partial charge in [0.2, 0.25) is 11.8 Å². The molecule has 2 aliphatic heterocycles. The van der Waals surface area contributed by atoms with Gasteiger partial charge in [-0.3, -0.25) is 9.59 Å². The van der Waals surface area contributed by atoms with Crippen LogP contribution in [0, 0.1) is 0 Å². The zero-order valence-corrected chi connectivity index (χ0v) is 20.2. The molecule has 0 spiro atoms. The number of nitrogens with one attached hydrogen (secondary N) is 1. The van der Waals surface area contributed by atoms with E-state index in [0.717, 1.165) is 23.4 Å². The lowest BCUT2D eigenvalue weighted by Gasteiger charge is -2.39. The number of nitrogens with zero attached hydrogens (tertiary/aromatic N) is 1. The van der Waals surface area contributed by atoms with Crippen LogP contribution in [0.15, 0.2) is 42.5 Å². The Kier molecular flexibility index (Phi) is 7.10. The molecule has 0 unspecified atom stereocenters. The standard InChI is InChI=1S/C26H27F3N2O5/c1-31-21-6-4-5-20(19(21)9-10-24(31)33)30-23(32)11-16-13-25(14-34-2,15-35-3)36-22-12-17(26(27,28)29)7-8-18(16)22/h4-8,11-12H,9-10,13-15H2,1-3H3,(H,30,32). The van der Waals surface area contributed by atoms with Gasteiger partial charge in [0.05, 0.1) is 18.8 Å². The number of ether oxygens (including phenoxy) is 3. The third-order valence-electron chi connectivity index (χ3n) is 6.35. The molecular formula is C26H27F3N2O5. The van der Waals surface area contributed by atoms with Crippen LogP contribution in [-0.4, -0.2) is 51.9 Å². The number of methoxy groups -OCH3 is 2. The second-order valence-electron chi connectivity index (χ2n) is 8.95. The van der Waals surface area contributed by atoms with Crippen molar-refractivity contribution in [3.05, 3.63) is 59.2 Å². The number of amides is 2. The Bertz CT molecular complexity index is 1200. The van der Waals surface area contributed by atoms with Gasteiger partial charge in [0.15, 0.2) is 5.60 Å². The molecule has 7 nitrogen and oxygen atoms in total. The van der Waals surface area contributed by atoms with E-state index >= 15 is 0 Å². The number of rotatable bonds is 6. The third-order valence-corrected chi connectivity index (χ3v) is 6.35. The molecule has 0 aliphatic carbocycles. The topological polar surface area (TPSA) is 77.1 Å². The van der Waals surface area contributed by atoms with Gasteiger partial charge in [-0.25, -0.2) is 0 Å². The summed E-state index contributed by atoms with van der Waals surface area (Å²) in [7, 11) is 4.60. The maximum atomic E-state index is 13.4. The molecular weight excluding hydrogens is 477 g/mol. The van der Waals surface area contributed by atoms with Crippen LogP contribution >= 0.6 is 0 Å². The Morgan fingerprint density at radius 2 is 1.89 bits per heavy atom. The molecule has 192 valence electrons. The Morgan fingerprint density at radius 1 is 1.17 bits per heavy atom. The van der Waals surface area contributed by atoms with Gasteiger partial charge in [-0.05, 0) is 41.8 Å². The fourth-order valence-electron chi connectivity index (χ4n) is 4.75. The van der Waals surface area contributed by atoms with E-state index in [1.807, 2.05) is 6.07 Å². The molecule has 36 heavy (non-hydrogen) atoms. The van der Waals surface area contributed by atoms with Crippen molar-refractivity contribution < 1.29 is 37.0 Å². The lowest BCUT2D eigenvalue weighted by Crippen LogP contribution is -2.47. The lowest BCUT2D eigenvalue weighted by atomic mass is 9.86. The largest absolute Gasteiger partial charge is 0.481 e. The van der Waals surface area contributed by atoms with Crippen molar-refractivity contribution in [2.24, 2.45) is 0 Å². The molecule has 2 aromatic rings. The van der Waals surface area contributed by atoms with E-state index < -0.39 is 23.2 Å². The summed E-state index contributed by atoms with van der Waals surface area (Å²) in [6.45, 7) is 0.0874. The first-order chi connectivity index (χ1) is 17.1. The molecule has 2 amide bonds. The van der Waals surface area contributed by atoms with Crippen molar-refractivity contribution in [3.63, 3.8) is 0 Å². The maximum absolute atomic E-state index is 13.4. The van der Waals surface area contributed by atoms with Gasteiger partial charge in [-0.2, -0.15) is 13.2 Å². The fraction of sp³-hybridized carbons (Fsp3) is 0.385. The van der Waals surface area contributed by atoms with Gasteiger partial charge >= 0.3 is 6.18 Å². The molecule has 2 aliphatic rings. The summed E-state index contributed by atoms with van der Waals surface area (Å²) in [5, 5.41) is 2.87. The fourth-order valence-corrected chi connectivity index (χ4v) is 4.75. The quantitative estimate of drug-likeness (QED) is 0.589. The molecule has 4 rings (SSSR count). The van der Waals surface area contributed by atoms with Crippen LogP contribution in [0.2, 0.25) is 0 Å². The van der Waals surface area contributed by atoms with Crippen LogP contribution in [0.25, 0.3) is 5.57 Å². The van der Waals surface area contributed by atoms with Crippen molar-refractivity contribution >= 4 is 28.8 Å². The Hall–Kier alpha value is -3.37. The summed E-state index contributed by atoms with van der Waals surface area (Å²) in [5.74, 6) is -0.450. The normalized spacial score (nSPS) is 17.9. The summed E-state index contributed by atoms with van der Waals surface area (Å²) >= 11 is 0. The SMILES string of the molecule is COCC1(COC)CC(=CC(=O)Nc2cccc3c2CCC(=O)N3C)c2ccc(C(F)(F)F)cc2O1. The van der Waals surface area contributed by atoms with Gasteiger partial charge in [0.25, 0.3) is 0 Å². The highest BCUT2D eigenvalue weighted by Crippen LogP contribution is 2.44.